The highest BCUT2D eigenvalue weighted by Gasteiger charge is 2.49. The minimum Gasteiger partial charge on any atom is -0.469 e. The lowest BCUT2D eigenvalue weighted by molar-refractivity contribution is -0.144. The second-order valence-corrected chi connectivity index (χ2v) is 10.4. The summed E-state index contributed by atoms with van der Waals surface area (Å²) in [5.41, 5.74) is -0.646. The van der Waals surface area contributed by atoms with Crippen LogP contribution in [0, 0.1) is 5.41 Å². The Morgan fingerprint density at radius 3 is 2.08 bits per heavy atom. The van der Waals surface area contributed by atoms with Crippen molar-refractivity contribution in [3.05, 3.63) is 22.5 Å². The average molecular weight is 509 g/mol. The van der Waals surface area contributed by atoms with Crippen LogP contribution in [0.5, 0.6) is 0 Å². The van der Waals surface area contributed by atoms with Gasteiger partial charge in [0, 0.05) is 18.5 Å². The van der Waals surface area contributed by atoms with Gasteiger partial charge in [-0.25, -0.2) is 4.79 Å². The van der Waals surface area contributed by atoms with Crippen LogP contribution in [0.1, 0.15) is 80.7 Å². The van der Waals surface area contributed by atoms with Crippen molar-refractivity contribution in [2.45, 2.75) is 77.9 Å². The third-order valence-electron chi connectivity index (χ3n) is 6.08. The number of nitrogens with one attached hydrogen (secondary N) is 2. The average Bonchev–Trinajstić information content (AvgIpc) is 3.26. The van der Waals surface area contributed by atoms with Crippen LogP contribution < -0.4 is 5.32 Å². The van der Waals surface area contributed by atoms with Gasteiger partial charge in [-0.1, -0.05) is 13.8 Å². The van der Waals surface area contributed by atoms with Gasteiger partial charge < -0.3 is 29.2 Å². The first-order valence-corrected chi connectivity index (χ1v) is 11.6. The first-order chi connectivity index (χ1) is 16.6. The third kappa shape index (κ3) is 6.64. The van der Waals surface area contributed by atoms with Crippen molar-refractivity contribution >= 4 is 29.8 Å². The van der Waals surface area contributed by atoms with Gasteiger partial charge in [-0.2, -0.15) is 0 Å². The molecule has 1 aliphatic rings. The molecule has 11 nitrogen and oxygen atoms in total. The molecule has 36 heavy (non-hydrogen) atoms. The molecule has 2 atom stereocenters. The number of rotatable bonds is 9. The summed E-state index contributed by atoms with van der Waals surface area (Å²) in [4.78, 5) is 66.0. The summed E-state index contributed by atoms with van der Waals surface area (Å²) in [6.07, 6.45) is -0.187. The predicted molar refractivity (Wildman–Crippen MR) is 127 cm³/mol. The fourth-order valence-electron chi connectivity index (χ4n) is 4.42. The highest BCUT2D eigenvalue weighted by atomic mass is 16.6. The molecule has 200 valence electrons. The SMILES string of the molecule is COC(=O)CCc1c(C(=O)OC(C)(C)C)[nH]c(C(C(=O)OC)C2NC(=O)CC2(C)C)c1CC(=O)OC. The highest BCUT2D eigenvalue weighted by molar-refractivity contribution is 5.92. The van der Waals surface area contributed by atoms with Gasteiger partial charge in [-0.3, -0.25) is 19.2 Å². The van der Waals surface area contributed by atoms with Crippen molar-refractivity contribution in [3.8, 4) is 0 Å². The van der Waals surface area contributed by atoms with Gasteiger partial charge in [-0.15, -0.1) is 0 Å². The smallest absolute Gasteiger partial charge is 0.355 e. The van der Waals surface area contributed by atoms with Crippen LogP contribution in [-0.4, -0.2) is 67.7 Å². The van der Waals surface area contributed by atoms with E-state index in [1.807, 2.05) is 13.8 Å². The molecule has 0 aliphatic carbocycles. The van der Waals surface area contributed by atoms with Crippen LogP contribution in [0.15, 0.2) is 0 Å². The van der Waals surface area contributed by atoms with Crippen LogP contribution in [0.2, 0.25) is 0 Å². The van der Waals surface area contributed by atoms with Crippen LogP contribution >= 0.6 is 0 Å². The maximum atomic E-state index is 13.2. The minimum absolute atomic E-state index is 0.00114. The monoisotopic (exact) mass is 508 g/mol. The number of aromatic amines is 1. The Morgan fingerprint density at radius 2 is 1.61 bits per heavy atom. The standard InChI is InChI=1S/C25H36N2O9/c1-24(2,3)36-23(32)20-13(9-10-16(29)33-6)14(11-17(30)34-7)19(27-20)18(22(31)35-8)21-25(4,5)12-15(28)26-21/h18,21,27H,9-12H2,1-8H3,(H,26,28). The number of hydrogen-bond donors (Lipinski definition) is 2. The number of carbonyl (C=O) groups excluding carboxylic acids is 5. The summed E-state index contributed by atoms with van der Waals surface area (Å²) in [5, 5.41) is 2.84. The first-order valence-electron chi connectivity index (χ1n) is 11.6. The van der Waals surface area contributed by atoms with E-state index in [-0.39, 0.29) is 43.0 Å². The van der Waals surface area contributed by atoms with Crippen LogP contribution in [0.25, 0.3) is 0 Å². The molecule has 1 aromatic heterocycles. The molecule has 1 fully saturated rings. The summed E-state index contributed by atoms with van der Waals surface area (Å²) in [6.45, 7) is 8.77. The van der Waals surface area contributed by atoms with Crippen molar-refractivity contribution in [1.29, 1.82) is 0 Å². The van der Waals surface area contributed by atoms with Crippen molar-refractivity contribution < 1.29 is 42.9 Å². The van der Waals surface area contributed by atoms with Crippen molar-refractivity contribution in [2.24, 2.45) is 5.41 Å². The molecule has 1 saturated heterocycles. The quantitative estimate of drug-likeness (QED) is 0.377. The van der Waals surface area contributed by atoms with Gasteiger partial charge in [-0.05, 0) is 43.7 Å². The number of esters is 4. The van der Waals surface area contributed by atoms with Gasteiger partial charge in [0.15, 0.2) is 0 Å². The Labute approximate surface area is 210 Å². The predicted octanol–water partition coefficient (Wildman–Crippen LogP) is 1.96. The Balaban J connectivity index is 2.80. The molecule has 1 aromatic rings. The van der Waals surface area contributed by atoms with Gasteiger partial charge in [0.2, 0.25) is 5.91 Å². The molecule has 0 bridgehead atoms. The molecular formula is C25H36N2O9. The van der Waals surface area contributed by atoms with E-state index < -0.39 is 46.9 Å². The Kier molecular flexibility index (Phi) is 8.93. The Bertz CT molecular complexity index is 1030. The van der Waals surface area contributed by atoms with Gasteiger partial charge in [0.1, 0.15) is 17.2 Å². The second kappa shape index (κ2) is 11.1. The van der Waals surface area contributed by atoms with Crippen molar-refractivity contribution in [1.82, 2.24) is 10.3 Å². The Hall–Kier alpha value is -3.37. The van der Waals surface area contributed by atoms with E-state index in [1.165, 1.54) is 21.3 Å². The topological polar surface area (TPSA) is 150 Å². The van der Waals surface area contributed by atoms with Gasteiger partial charge in [0.25, 0.3) is 0 Å². The van der Waals surface area contributed by atoms with Crippen molar-refractivity contribution in [2.75, 3.05) is 21.3 Å². The summed E-state index contributed by atoms with van der Waals surface area (Å²) >= 11 is 0. The highest BCUT2D eigenvalue weighted by Crippen LogP contribution is 2.41. The van der Waals surface area contributed by atoms with E-state index in [4.69, 9.17) is 18.9 Å². The van der Waals surface area contributed by atoms with E-state index in [0.29, 0.717) is 11.1 Å². The molecule has 11 heteroatoms. The van der Waals surface area contributed by atoms with Crippen molar-refractivity contribution in [3.63, 3.8) is 0 Å². The van der Waals surface area contributed by atoms with Crippen LogP contribution in [-0.2, 0) is 51.0 Å². The fraction of sp³-hybridized carbons (Fsp3) is 0.640. The van der Waals surface area contributed by atoms with E-state index in [1.54, 1.807) is 20.8 Å². The summed E-state index contributed by atoms with van der Waals surface area (Å²) in [6, 6.07) is -0.701. The molecular weight excluding hydrogens is 472 g/mol. The van der Waals surface area contributed by atoms with E-state index in [0.717, 1.165) is 0 Å². The largest absolute Gasteiger partial charge is 0.469 e. The lowest BCUT2D eigenvalue weighted by atomic mass is 9.76. The first kappa shape index (κ1) is 28.9. The normalized spacial score (nSPS) is 17.7. The third-order valence-corrected chi connectivity index (χ3v) is 6.08. The second-order valence-electron chi connectivity index (χ2n) is 10.4. The molecule has 1 amide bonds. The van der Waals surface area contributed by atoms with Gasteiger partial charge in [0.05, 0.1) is 33.8 Å². The maximum Gasteiger partial charge on any atom is 0.355 e. The van der Waals surface area contributed by atoms with Gasteiger partial charge >= 0.3 is 23.9 Å². The van der Waals surface area contributed by atoms with Crippen LogP contribution in [0.3, 0.4) is 0 Å². The van der Waals surface area contributed by atoms with E-state index >= 15 is 0 Å². The van der Waals surface area contributed by atoms with E-state index in [2.05, 4.69) is 10.3 Å². The fourth-order valence-corrected chi connectivity index (χ4v) is 4.42. The molecule has 0 spiro atoms. The summed E-state index contributed by atoms with van der Waals surface area (Å²) in [7, 11) is 3.68. The zero-order chi connectivity index (χ0) is 27.4. The molecule has 0 aromatic carbocycles. The molecule has 0 saturated carbocycles. The number of methoxy groups -OCH3 is 3. The number of ether oxygens (including phenoxy) is 4. The number of aromatic nitrogens is 1. The molecule has 1 aliphatic heterocycles. The zero-order valence-electron chi connectivity index (χ0n) is 22.2. The molecule has 2 heterocycles. The van der Waals surface area contributed by atoms with Crippen LogP contribution in [0.4, 0.5) is 0 Å². The number of amides is 1. The summed E-state index contributed by atoms with van der Waals surface area (Å²) < 4.78 is 20.3. The molecule has 0 radical (unpaired) electrons. The van der Waals surface area contributed by atoms with E-state index in [9.17, 15) is 24.0 Å². The Morgan fingerprint density at radius 1 is 1.00 bits per heavy atom. The number of hydrogen-bond acceptors (Lipinski definition) is 9. The number of H-pyrrole nitrogens is 1. The molecule has 2 N–H and O–H groups in total. The maximum absolute atomic E-state index is 13.2. The number of carbonyl (C=O) groups is 5. The lowest BCUT2D eigenvalue weighted by Gasteiger charge is -2.31. The summed E-state index contributed by atoms with van der Waals surface area (Å²) in [5.74, 6) is -3.85. The minimum atomic E-state index is -1.08. The lowest BCUT2D eigenvalue weighted by Crippen LogP contribution is -2.43. The molecule has 2 unspecified atom stereocenters. The zero-order valence-corrected chi connectivity index (χ0v) is 22.2. The molecule has 2 rings (SSSR count).